The van der Waals surface area contributed by atoms with E-state index >= 15 is 0 Å². The first-order chi connectivity index (χ1) is 26.2. The molecule has 0 N–H and O–H groups in total. The molecule has 4 heteroatoms. The Morgan fingerprint density at radius 1 is 0.434 bits per heavy atom. The van der Waals surface area contributed by atoms with Crippen molar-refractivity contribution in [3.8, 4) is 44.1 Å². The second kappa shape index (κ2) is 13.1. The molecule has 0 spiro atoms. The van der Waals surface area contributed by atoms with Gasteiger partial charge in [-0.05, 0) is 106 Å². The Labute approximate surface area is 311 Å². The molecule has 0 saturated heterocycles. The normalized spacial score (nSPS) is 11.4. The number of para-hydroxylation sites is 2. The van der Waals surface area contributed by atoms with Crippen molar-refractivity contribution in [1.29, 1.82) is 0 Å². The largest absolute Gasteiger partial charge is 0.456 e. The molecule has 0 aliphatic heterocycles. The number of furan rings is 1. The molecule has 2 heterocycles. The lowest BCUT2D eigenvalue weighted by Gasteiger charge is -2.26. The van der Waals surface area contributed by atoms with Crippen LogP contribution in [-0.4, -0.2) is 4.98 Å². The van der Waals surface area contributed by atoms with E-state index in [2.05, 4.69) is 175 Å². The van der Waals surface area contributed by atoms with Crippen molar-refractivity contribution < 1.29 is 4.42 Å². The average molecular weight is 697 g/mol. The Bertz CT molecular complexity index is 2800. The number of hydrogen-bond acceptors (Lipinski definition) is 4. The van der Waals surface area contributed by atoms with Gasteiger partial charge in [-0.15, -0.1) is 11.3 Å². The van der Waals surface area contributed by atoms with Gasteiger partial charge in [0, 0.05) is 33.6 Å². The number of anilines is 3. The number of fused-ring (bicyclic) bond motifs is 3. The summed E-state index contributed by atoms with van der Waals surface area (Å²) in [6.07, 6.45) is 0. The standard InChI is InChI=1S/C49H32N2OS/c1-3-11-43-35(8-1)10-7-12-44(43)36-22-28-41(29-23-36)51(42-30-24-38(25-31-42)49-50-45-13-4-6-15-48(45)53-49)40-26-20-34(21-27-40)33-16-18-37(19-17-33)47-32-39-9-2-5-14-46(39)52-47/h1-32H. The maximum absolute atomic E-state index is 6.11. The Morgan fingerprint density at radius 3 is 1.68 bits per heavy atom. The molecule has 250 valence electrons. The Hall–Kier alpha value is -6.75. The SMILES string of the molecule is c1ccc2oc(-c3ccc(-c4ccc(N(c5ccc(-c6nc7ccccc7s6)cc5)c5ccc(-c6cccc7ccccc67)cc5)cc4)cc3)cc2c1. The summed E-state index contributed by atoms with van der Waals surface area (Å²) >= 11 is 1.73. The van der Waals surface area contributed by atoms with Crippen molar-refractivity contribution in [2.45, 2.75) is 0 Å². The molecule has 0 amide bonds. The van der Waals surface area contributed by atoms with Crippen molar-refractivity contribution in [2.75, 3.05) is 4.90 Å². The molecule has 0 aliphatic carbocycles. The third-order valence-electron chi connectivity index (χ3n) is 9.95. The van der Waals surface area contributed by atoms with E-state index in [1.165, 1.54) is 26.6 Å². The van der Waals surface area contributed by atoms with Crippen LogP contribution in [0.25, 0.3) is 76.1 Å². The molecule has 8 aromatic carbocycles. The Balaban J connectivity index is 0.991. The first-order valence-corrected chi connectivity index (χ1v) is 18.6. The van der Waals surface area contributed by atoms with E-state index in [4.69, 9.17) is 9.40 Å². The fourth-order valence-corrected chi connectivity index (χ4v) is 8.19. The highest BCUT2D eigenvalue weighted by atomic mass is 32.1. The molecular formula is C49H32N2OS. The van der Waals surface area contributed by atoms with Gasteiger partial charge in [0.15, 0.2) is 0 Å². The van der Waals surface area contributed by atoms with E-state index in [1.807, 2.05) is 24.3 Å². The zero-order valence-corrected chi connectivity index (χ0v) is 29.5. The maximum Gasteiger partial charge on any atom is 0.135 e. The van der Waals surface area contributed by atoms with Gasteiger partial charge in [0.05, 0.1) is 10.2 Å². The van der Waals surface area contributed by atoms with Crippen LogP contribution in [0.5, 0.6) is 0 Å². The molecule has 0 bridgehead atoms. The van der Waals surface area contributed by atoms with Gasteiger partial charge < -0.3 is 9.32 Å². The summed E-state index contributed by atoms with van der Waals surface area (Å²) in [5.74, 6) is 0.879. The highest BCUT2D eigenvalue weighted by molar-refractivity contribution is 7.21. The summed E-state index contributed by atoms with van der Waals surface area (Å²) in [7, 11) is 0. The molecule has 0 radical (unpaired) electrons. The van der Waals surface area contributed by atoms with Crippen LogP contribution in [0.4, 0.5) is 17.1 Å². The van der Waals surface area contributed by atoms with Gasteiger partial charge in [-0.1, -0.05) is 121 Å². The molecule has 0 atom stereocenters. The topological polar surface area (TPSA) is 29.3 Å². The summed E-state index contributed by atoms with van der Waals surface area (Å²) in [5.41, 5.74) is 12.1. The van der Waals surface area contributed by atoms with Gasteiger partial charge >= 0.3 is 0 Å². The molecule has 53 heavy (non-hydrogen) atoms. The van der Waals surface area contributed by atoms with Gasteiger partial charge in [-0.25, -0.2) is 4.98 Å². The first kappa shape index (κ1) is 31.0. The number of nitrogens with zero attached hydrogens (tertiary/aromatic N) is 2. The summed E-state index contributed by atoms with van der Waals surface area (Å²) in [4.78, 5) is 7.23. The molecule has 0 fully saturated rings. The zero-order chi connectivity index (χ0) is 35.1. The molecule has 10 aromatic rings. The van der Waals surface area contributed by atoms with E-state index in [0.717, 1.165) is 66.6 Å². The smallest absolute Gasteiger partial charge is 0.135 e. The quantitative estimate of drug-likeness (QED) is 0.166. The third-order valence-corrected chi connectivity index (χ3v) is 11.0. The second-order valence-electron chi connectivity index (χ2n) is 13.2. The van der Waals surface area contributed by atoms with E-state index < -0.39 is 0 Å². The minimum atomic E-state index is 0.879. The highest BCUT2D eigenvalue weighted by Gasteiger charge is 2.15. The lowest BCUT2D eigenvalue weighted by molar-refractivity contribution is 0.631. The van der Waals surface area contributed by atoms with Crippen LogP contribution in [0.15, 0.2) is 199 Å². The highest BCUT2D eigenvalue weighted by Crippen LogP contribution is 2.39. The summed E-state index contributed by atoms with van der Waals surface area (Å²) in [6, 6.07) is 68.8. The van der Waals surface area contributed by atoms with Gasteiger partial charge in [-0.3, -0.25) is 0 Å². The number of thiazole rings is 1. The fraction of sp³-hybridized carbons (Fsp3) is 0. The fourth-order valence-electron chi connectivity index (χ4n) is 7.22. The van der Waals surface area contributed by atoms with Crippen LogP contribution in [0.1, 0.15) is 0 Å². The predicted molar refractivity (Wildman–Crippen MR) is 223 cm³/mol. The van der Waals surface area contributed by atoms with E-state index in [0.29, 0.717) is 0 Å². The maximum atomic E-state index is 6.11. The van der Waals surface area contributed by atoms with E-state index in [9.17, 15) is 0 Å². The van der Waals surface area contributed by atoms with Gasteiger partial charge in [0.25, 0.3) is 0 Å². The third kappa shape index (κ3) is 5.85. The number of hydrogen-bond donors (Lipinski definition) is 0. The Morgan fingerprint density at radius 2 is 0.981 bits per heavy atom. The number of aromatic nitrogens is 1. The van der Waals surface area contributed by atoms with Gasteiger partial charge in [0.2, 0.25) is 0 Å². The molecular weight excluding hydrogens is 665 g/mol. The van der Waals surface area contributed by atoms with Crippen LogP contribution >= 0.6 is 11.3 Å². The minimum Gasteiger partial charge on any atom is -0.456 e. The van der Waals surface area contributed by atoms with Crippen LogP contribution in [0.2, 0.25) is 0 Å². The molecule has 0 saturated carbocycles. The van der Waals surface area contributed by atoms with Crippen LogP contribution < -0.4 is 4.90 Å². The minimum absolute atomic E-state index is 0.879. The summed E-state index contributed by atoms with van der Waals surface area (Å²) in [6.45, 7) is 0. The molecule has 0 unspecified atom stereocenters. The van der Waals surface area contributed by atoms with Crippen LogP contribution in [-0.2, 0) is 0 Å². The second-order valence-corrected chi connectivity index (χ2v) is 14.2. The van der Waals surface area contributed by atoms with Crippen molar-refractivity contribution in [3.05, 3.63) is 194 Å². The number of benzene rings is 8. The predicted octanol–water partition coefficient (Wildman–Crippen LogP) is 14.3. The summed E-state index contributed by atoms with van der Waals surface area (Å²) < 4.78 is 7.31. The monoisotopic (exact) mass is 696 g/mol. The van der Waals surface area contributed by atoms with Crippen molar-refractivity contribution in [2.24, 2.45) is 0 Å². The Kier molecular flexibility index (Phi) is 7.67. The molecule has 10 rings (SSSR count). The molecule has 0 aliphatic rings. The van der Waals surface area contributed by atoms with Crippen LogP contribution in [0.3, 0.4) is 0 Å². The van der Waals surface area contributed by atoms with Crippen molar-refractivity contribution in [1.82, 2.24) is 4.98 Å². The zero-order valence-electron chi connectivity index (χ0n) is 28.7. The van der Waals surface area contributed by atoms with Crippen molar-refractivity contribution >= 4 is 60.4 Å². The molecule has 2 aromatic heterocycles. The van der Waals surface area contributed by atoms with E-state index in [-0.39, 0.29) is 0 Å². The van der Waals surface area contributed by atoms with Crippen molar-refractivity contribution in [3.63, 3.8) is 0 Å². The van der Waals surface area contributed by atoms with Gasteiger partial charge in [-0.2, -0.15) is 0 Å². The molecule has 3 nitrogen and oxygen atoms in total. The lowest BCUT2D eigenvalue weighted by atomic mass is 9.98. The summed E-state index contributed by atoms with van der Waals surface area (Å²) in [5, 5.41) is 4.64. The lowest BCUT2D eigenvalue weighted by Crippen LogP contribution is -2.09. The first-order valence-electron chi connectivity index (χ1n) is 17.8. The average Bonchev–Trinajstić information content (AvgIpc) is 3.87. The van der Waals surface area contributed by atoms with E-state index in [1.54, 1.807) is 11.3 Å². The number of rotatable bonds is 7. The van der Waals surface area contributed by atoms with Gasteiger partial charge in [0.1, 0.15) is 16.4 Å². The van der Waals surface area contributed by atoms with Crippen LogP contribution in [0, 0.1) is 0 Å².